The van der Waals surface area contributed by atoms with E-state index in [1.54, 1.807) is 6.07 Å². The van der Waals surface area contributed by atoms with Crippen molar-refractivity contribution in [3.63, 3.8) is 0 Å². The number of hydrogen-bond acceptors (Lipinski definition) is 4. The fourth-order valence-electron chi connectivity index (χ4n) is 3.47. The number of β-amino-alcohol motifs (C(OH)–C–C–N with tert-alkyl or cyclic N) is 1. The number of likely N-dealkylation sites (tertiary alicyclic amines) is 1. The highest BCUT2D eigenvalue weighted by Crippen LogP contribution is 2.44. The predicted octanol–water partition coefficient (Wildman–Crippen LogP) is 2.51. The van der Waals surface area contributed by atoms with Gasteiger partial charge in [0.1, 0.15) is 12.7 Å². The first kappa shape index (κ1) is 14.7. The van der Waals surface area contributed by atoms with E-state index < -0.39 is 11.7 Å². The third kappa shape index (κ3) is 2.24. The van der Waals surface area contributed by atoms with E-state index in [9.17, 15) is 9.90 Å². The van der Waals surface area contributed by atoms with Crippen molar-refractivity contribution in [1.29, 1.82) is 5.26 Å². The van der Waals surface area contributed by atoms with E-state index in [1.165, 1.54) is 16.0 Å². The van der Waals surface area contributed by atoms with Crippen LogP contribution in [-0.4, -0.2) is 41.4 Å². The number of carbonyl (C=O) groups excluding carboxylic acids is 1. The Morgan fingerprint density at radius 1 is 1.17 bits per heavy atom. The molecular formula is C19H16N2O3. The van der Waals surface area contributed by atoms with Gasteiger partial charge in [-0.05, 0) is 22.3 Å². The summed E-state index contributed by atoms with van der Waals surface area (Å²) in [5, 5.41) is 18.5. The van der Waals surface area contributed by atoms with Gasteiger partial charge in [-0.1, -0.05) is 48.5 Å². The monoisotopic (exact) mass is 320 g/mol. The molecule has 0 saturated carbocycles. The van der Waals surface area contributed by atoms with Crippen LogP contribution >= 0.6 is 0 Å². The predicted molar refractivity (Wildman–Crippen MR) is 87.2 cm³/mol. The Morgan fingerprint density at radius 2 is 1.71 bits per heavy atom. The van der Waals surface area contributed by atoms with Gasteiger partial charge in [-0.25, -0.2) is 4.79 Å². The molecule has 2 aliphatic rings. The maximum Gasteiger partial charge on any atom is 0.410 e. The highest BCUT2D eigenvalue weighted by atomic mass is 16.6. The summed E-state index contributed by atoms with van der Waals surface area (Å²) in [7, 11) is 0. The van der Waals surface area contributed by atoms with Gasteiger partial charge in [-0.15, -0.1) is 0 Å². The number of ether oxygens (including phenoxy) is 1. The second-order valence-corrected chi connectivity index (χ2v) is 6.30. The minimum absolute atomic E-state index is 0.000173. The number of nitrogens with zero attached hydrogens (tertiary/aromatic N) is 2. The molecule has 24 heavy (non-hydrogen) atoms. The molecule has 120 valence electrons. The van der Waals surface area contributed by atoms with E-state index >= 15 is 0 Å². The van der Waals surface area contributed by atoms with Gasteiger partial charge in [-0.3, -0.25) is 0 Å². The van der Waals surface area contributed by atoms with Crippen LogP contribution in [0.1, 0.15) is 17.0 Å². The molecule has 0 unspecified atom stereocenters. The van der Waals surface area contributed by atoms with Crippen LogP contribution in [0.3, 0.4) is 0 Å². The molecule has 1 aliphatic heterocycles. The fourth-order valence-corrected chi connectivity index (χ4v) is 3.47. The minimum atomic E-state index is -1.43. The topological polar surface area (TPSA) is 73.6 Å². The van der Waals surface area contributed by atoms with Crippen LogP contribution in [0.25, 0.3) is 11.1 Å². The fraction of sp³-hybridized carbons (Fsp3) is 0.263. The summed E-state index contributed by atoms with van der Waals surface area (Å²) in [5.74, 6) is 0.0116. The van der Waals surface area contributed by atoms with Crippen LogP contribution in [0, 0.1) is 11.3 Å². The molecule has 5 nitrogen and oxygen atoms in total. The molecule has 1 fully saturated rings. The summed E-state index contributed by atoms with van der Waals surface area (Å²) < 4.78 is 5.45. The van der Waals surface area contributed by atoms with Crippen molar-refractivity contribution in [2.45, 2.75) is 11.5 Å². The summed E-state index contributed by atoms with van der Waals surface area (Å²) in [6.07, 6.45) is -0.489. The van der Waals surface area contributed by atoms with Gasteiger partial charge in [0.2, 0.25) is 0 Å². The highest BCUT2D eigenvalue weighted by molar-refractivity contribution is 5.79. The molecule has 0 radical (unpaired) electrons. The molecule has 5 heteroatoms. The average molecular weight is 320 g/mol. The third-order valence-electron chi connectivity index (χ3n) is 4.71. The summed E-state index contributed by atoms with van der Waals surface area (Å²) in [5.41, 5.74) is 3.24. The Labute approximate surface area is 139 Å². The van der Waals surface area contributed by atoms with Gasteiger partial charge >= 0.3 is 6.09 Å². The standard InChI is InChI=1S/C19H16N2O3/c20-10-19(23)11-21(12-19)18(22)24-9-17-15-7-3-1-5-13(15)14-6-2-4-8-16(14)17/h1-8,17,23H,9,11-12H2. The Balaban J connectivity index is 1.50. The molecule has 0 atom stereocenters. The molecule has 2 aromatic rings. The molecule has 1 aliphatic carbocycles. The summed E-state index contributed by atoms with van der Waals surface area (Å²) in [4.78, 5) is 13.4. The van der Waals surface area contributed by atoms with Gasteiger partial charge in [0.25, 0.3) is 0 Å². The molecule has 0 spiro atoms. The van der Waals surface area contributed by atoms with E-state index in [1.807, 2.05) is 24.3 Å². The van der Waals surface area contributed by atoms with Crippen molar-refractivity contribution in [3.8, 4) is 17.2 Å². The molecular weight excluding hydrogens is 304 g/mol. The number of nitriles is 1. The molecule has 2 aromatic carbocycles. The first-order chi connectivity index (χ1) is 11.6. The van der Waals surface area contributed by atoms with E-state index in [2.05, 4.69) is 24.3 Å². The zero-order valence-electron chi connectivity index (χ0n) is 13.0. The van der Waals surface area contributed by atoms with Crippen molar-refractivity contribution in [2.24, 2.45) is 0 Å². The quantitative estimate of drug-likeness (QED) is 0.863. The summed E-state index contributed by atoms with van der Waals surface area (Å²) in [6.45, 7) is 0.245. The summed E-state index contributed by atoms with van der Waals surface area (Å²) in [6, 6.07) is 18.1. The van der Waals surface area contributed by atoms with E-state index in [4.69, 9.17) is 10.00 Å². The van der Waals surface area contributed by atoms with Crippen LogP contribution in [0.15, 0.2) is 48.5 Å². The van der Waals surface area contributed by atoms with Crippen molar-refractivity contribution >= 4 is 6.09 Å². The SMILES string of the molecule is N#CC1(O)CN(C(=O)OCC2c3ccccc3-c3ccccc32)C1. The van der Waals surface area contributed by atoms with Gasteiger partial charge in [0.05, 0.1) is 13.1 Å². The van der Waals surface area contributed by atoms with Crippen molar-refractivity contribution in [3.05, 3.63) is 59.7 Å². The normalized spacial score (nSPS) is 17.4. The minimum Gasteiger partial charge on any atom is -0.448 e. The van der Waals surface area contributed by atoms with Crippen molar-refractivity contribution < 1.29 is 14.6 Å². The Bertz CT molecular complexity index is 804. The molecule has 4 rings (SSSR count). The van der Waals surface area contributed by atoms with Crippen molar-refractivity contribution in [1.82, 2.24) is 4.90 Å². The highest BCUT2D eigenvalue weighted by Gasteiger charge is 2.45. The van der Waals surface area contributed by atoms with Crippen LogP contribution in [0.5, 0.6) is 0 Å². The largest absolute Gasteiger partial charge is 0.448 e. The molecule has 1 amide bonds. The van der Waals surface area contributed by atoms with E-state index in [0.717, 1.165) is 11.1 Å². The average Bonchev–Trinajstić information content (AvgIpc) is 2.91. The lowest BCUT2D eigenvalue weighted by Gasteiger charge is -2.40. The molecule has 1 heterocycles. The Hall–Kier alpha value is -2.84. The Kier molecular flexibility index (Phi) is 3.29. The number of fused-ring (bicyclic) bond motifs is 3. The Morgan fingerprint density at radius 3 is 2.25 bits per heavy atom. The first-order valence-corrected chi connectivity index (χ1v) is 7.85. The zero-order valence-corrected chi connectivity index (χ0v) is 13.0. The van der Waals surface area contributed by atoms with Gasteiger partial charge in [0, 0.05) is 5.92 Å². The number of benzene rings is 2. The molecule has 0 aromatic heterocycles. The van der Waals surface area contributed by atoms with E-state index in [0.29, 0.717) is 0 Å². The van der Waals surface area contributed by atoms with Crippen molar-refractivity contribution in [2.75, 3.05) is 19.7 Å². The summed E-state index contributed by atoms with van der Waals surface area (Å²) >= 11 is 0. The lowest BCUT2D eigenvalue weighted by Crippen LogP contribution is -2.62. The van der Waals surface area contributed by atoms with Gasteiger partial charge in [-0.2, -0.15) is 5.26 Å². The third-order valence-corrected chi connectivity index (χ3v) is 4.71. The van der Waals surface area contributed by atoms with E-state index in [-0.39, 0.29) is 25.6 Å². The smallest absolute Gasteiger partial charge is 0.410 e. The van der Waals surface area contributed by atoms with Crippen LogP contribution in [-0.2, 0) is 4.74 Å². The lowest BCUT2D eigenvalue weighted by molar-refractivity contribution is -0.0493. The maximum atomic E-state index is 12.1. The van der Waals surface area contributed by atoms with Gasteiger partial charge < -0.3 is 14.7 Å². The lowest BCUT2D eigenvalue weighted by atomic mass is 9.97. The number of amides is 1. The first-order valence-electron chi connectivity index (χ1n) is 7.85. The second-order valence-electron chi connectivity index (χ2n) is 6.30. The number of rotatable bonds is 2. The number of carbonyl (C=O) groups is 1. The maximum absolute atomic E-state index is 12.1. The van der Waals surface area contributed by atoms with Crippen LogP contribution < -0.4 is 0 Å². The van der Waals surface area contributed by atoms with Crippen LogP contribution in [0.2, 0.25) is 0 Å². The number of aliphatic hydroxyl groups is 1. The second kappa shape index (κ2) is 5.36. The van der Waals surface area contributed by atoms with Crippen LogP contribution in [0.4, 0.5) is 4.79 Å². The molecule has 0 bridgehead atoms. The molecule has 1 saturated heterocycles. The number of hydrogen-bond donors (Lipinski definition) is 1. The zero-order chi connectivity index (χ0) is 16.7. The van der Waals surface area contributed by atoms with Gasteiger partial charge in [0.15, 0.2) is 5.60 Å². The molecule has 1 N–H and O–H groups in total.